The molecular weight excluding hydrogens is 408 g/mol. The maximum atomic E-state index is 13.9. The largest absolute Gasteiger partial charge is 0.503 e. The molecule has 1 amide bonds. The van der Waals surface area contributed by atoms with Gasteiger partial charge in [0.05, 0.1) is 23.8 Å². The third-order valence-corrected chi connectivity index (χ3v) is 6.39. The second kappa shape index (κ2) is 6.73. The fraction of sp³-hybridized carbons (Fsp3) is 0.333. The van der Waals surface area contributed by atoms with Crippen molar-refractivity contribution in [3.05, 3.63) is 63.7 Å². The van der Waals surface area contributed by atoms with Gasteiger partial charge in [0.25, 0.3) is 5.91 Å². The molecule has 1 spiro atoms. The molecule has 8 nitrogen and oxygen atoms in total. The Balaban J connectivity index is 1.52. The van der Waals surface area contributed by atoms with Crippen molar-refractivity contribution in [3.8, 4) is 17.0 Å². The molecule has 1 N–H and O–H groups in total. The van der Waals surface area contributed by atoms with Crippen LogP contribution in [0.3, 0.4) is 0 Å². The number of hydrogen-bond donors (Lipinski definition) is 1. The van der Waals surface area contributed by atoms with Crippen molar-refractivity contribution in [1.29, 1.82) is 0 Å². The zero-order valence-electron chi connectivity index (χ0n) is 16.7. The highest BCUT2D eigenvalue weighted by Gasteiger charge is 2.48. The molecule has 0 atom stereocenters. The van der Waals surface area contributed by atoms with Crippen LogP contribution in [-0.4, -0.2) is 48.1 Å². The monoisotopic (exact) mass is 427 g/mol. The van der Waals surface area contributed by atoms with E-state index in [1.807, 2.05) is 0 Å². The molecule has 3 heterocycles. The smallest absolute Gasteiger partial charge is 0.274 e. The number of pyridine rings is 1. The minimum absolute atomic E-state index is 0.0102. The highest BCUT2D eigenvalue weighted by Crippen LogP contribution is 2.42. The molecule has 0 bridgehead atoms. The van der Waals surface area contributed by atoms with Gasteiger partial charge in [-0.1, -0.05) is 11.3 Å². The van der Waals surface area contributed by atoms with Crippen molar-refractivity contribution in [3.63, 3.8) is 0 Å². The first-order chi connectivity index (χ1) is 14.8. The van der Waals surface area contributed by atoms with Gasteiger partial charge in [-0.2, -0.15) is 0 Å². The molecule has 5 rings (SSSR count). The normalized spacial score (nSPS) is 17.0. The van der Waals surface area contributed by atoms with Crippen molar-refractivity contribution >= 4 is 5.91 Å². The SMILES string of the molecule is CN1C(=O)c2c(O)c(=O)c(-c3cn(Cc4ccc(F)cc4F)nn3)cn2CC12CCC2. The van der Waals surface area contributed by atoms with E-state index in [9.17, 15) is 23.5 Å². The van der Waals surface area contributed by atoms with E-state index in [-0.39, 0.29) is 40.5 Å². The van der Waals surface area contributed by atoms with Crippen molar-refractivity contribution in [2.24, 2.45) is 0 Å². The Morgan fingerprint density at radius 2 is 1.97 bits per heavy atom. The quantitative estimate of drug-likeness (QED) is 0.692. The predicted octanol–water partition coefficient (Wildman–Crippen LogP) is 2.15. The zero-order valence-corrected chi connectivity index (χ0v) is 16.7. The highest BCUT2D eigenvalue weighted by atomic mass is 19.1. The van der Waals surface area contributed by atoms with Crippen molar-refractivity contribution < 1.29 is 18.7 Å². The van der Waals surface area contributed by atoms with Crippen LogP contribution >= 0.6 is 0 Å². The number of benzene rings is 1. The number of amides is 1. The maximum absolute atomic E-state index is 13.9. The van der Waals surface area contributed by atoms with Gasteiger partial charge >= 0.3 is 0 Å². The number of fused-ring (bicyclic) bond motifs is 1. The summed E-state index contributed by atoms with van der Waals surface area (Å²) >= 11 is 0. The lowest BCUT2D eigenvalue weighted by atomic mass is 9.74. The van der Waals surface area contributed by atoms with E-state index < -0.39 is 22.8 Å². The minimum atomic E-state index is -0.724. The van der Waals surface area contributed by atoms with Crippen LogP contribution in [0.15, 0.2) is 35.4 Å². The summed E-state index contributed by atoms with van der Waals surface area (Å²) in [7, 11) is 1.70. The van der Waals surface area contributed by atoms with Gasteiger partial charge in [-0.05, 0) is 25.3 Å². The number of nitrogens with zero attached hydrogens (tertiary/aromatic N) is 5. The molecule has 0 radical (unpaired) electrons. The first-order valence-electron chi connectivity index (χ1n) is 9.88. The third-order valence-electron chi connectivity index (χ3n) is 6.39. The number of carbonyl (C=O) groups is 1. The van der Waals surface area contributed by atoms with Crippen LogP contribution in [0.4, 0.5) is 8.78 Å². The number of aromatic nitrogens is 4. The van der Waals surface area contributed by atoms with Gasteiger partial charge in [0, 0.05) is 31.4 Å². The van der Waals surface area contributed by atoms with E-state index in [1.165, 1.54) is 23.1 Å². The molecule has 2 aromatic heterocycles. The average Bonchev–Trinajstić information content (AvgIpc) is 3.16. The lowest BCUT2D eigenvalue weighted by Crippen LogP contribution is -2.60. The second-order valence-corrected chi connectivity index (χ2v) is 8.18. The Hall–Kier alpha value is -3.56. The van der Waals surface area contributed by atoms with Gasteiger partial charge in [-0.15, -0.1) is 5.10 Å². The predicted molar refractivity (Wildman–Crippen MR) is 106 cm³/mol. The van der Waals surface area contributed by atoms with E-state index in [4.69, 9.17) is 0 Å². The lowest BCUT2D eigenvalue weighted by Gasteiger charge is -2.52. The minimum Gasteiger partial charge on any atom is -0.503 e. The summed E-state index contributed by atoms with van der Waals surface area (Å²) in [5.41, 5.74) is -0.567. The Bertz CT molecular complexity index is 1280. The van der Waals surface area contributed by atoms with Gasteiger partial charge in [-0.25, -0.2) is 13.5 Å². The lowest BCUT2D eigenvalue weighted by molar-refractivity contribution is 0.00672. The van der Waals surface area contributed by atoms with Crippen LogP contribution in [0.2, 0.25) is 0 Å². The second-order valence-electron chi connectivity index (χ2n) is 8.18. The van der Waals surface area contributed by atoms with Crippen molar-refractivity contribution in [1.82, 2.24) is 24.5 Å². The number of carbonyl (C=O) groups excluding carboxylic acids is 1. The van der Waals surface area contributed by atoms with Gasteiger partial charge in [0.1, 0.15) is 17.3 Å². The van der Waals surface area contributed by atoms with E-state index in [0.717, 1.165) is 31.4 Å². The number of aromatic hydroxyl groups is 1. The van der Waals surface area contributed by atoms with Gasteiger partial charge in [0.2, 0.25) is 5.43 Å². The molecule has 3 aromatic rings. The van der Waals surface area contributed by atoms with E-state index >= 15 is 0 Å². The van der Waals surface area contributed by atoms with Crippen LogP contribution < -0.4 is 5.43 Å². The van der Waals surface area contributed by atoms with Gasteiger partial charge in [0.15, 0.2) is 11.4 Å². The molecule has 1 aromatic carbocycles. The van der Waals surface area contributed by atoms with E-state index in [2.05, 4.69) is 10.3 Å². The molecular formula is C21H19F2N5O3. The van der Waals surface area contributed by atoms with Crippen molar-refractivity contribution in [2.75, 3.05) is 7.05 Å². The molecule has 1 fully saturated rings. The van der Waals surface area contributed by atoms with Crippen LogP contribution in [0.5, 0.6) is 5.75 Å². The van der Waals surface area contributed by atoms with Crippen LogP contribution in [0.25, 0.3) is 11.3 Å². The summed E-state index contributed by atoms with van der Waals surface area (Å²) in [4.78, 5) is 27.2. The zero-order chi connectivity index (χ0) is 21.9. The fourth-order valence-electron chi connectivity index (χ4n) is 4.38. The summed E-state index contributed by atoms with van der Waals surface area (Å²) in [5, 5.41) is 18.4. The molecule has 0 saturated heterocycles. The fourth-order valence-corrected chi connectivity index (χ4v) is 4.38. The molecule has 1 saturated carbocycles. The van der Waals surface area contributed by atoms with Gasteiger partial charge in [-0.3, -0.25) is 9.59 Å². The Labute approximate surface area is 175 Å². The number of rotatable bonds is 3. The number of likely N-dealkylation sites (N-methyl/N-ethyl adjacent to an activating group) is 1. The first kappa shape index (κ1) is 19.4. The Morgan fingerprint density at radius 3 is 2.65 bits per heavy atom. The molecule has 160 valence electrons. The summed E-state index contributed by atoms with van der Waals surface area (Å²) in [6.45, 7) is 0.462. The Kier molecular flexibility index (Phi) is 4.21. The standard InChI is InChI=1S/C21H19F2N5O3/c1-26-20(31)17-19(30)18(29)14(9-27(17)11-21(26)5-2-6-21)16-10-28(25-24-16)8-12-3-4-13(22)7-15(12)23/h3-4,7,9-10,30H,2,5-6,8,11H2,1H3. The average molecular weight is 427 g/mol. The number of halogens is 2. The number of hydrogen-bond acceptors (Lipinski definition) is 5. The summed E-state index contributed by atoms with van der Waals surface area (Å²) in [5.74, 6) is -2.40. The van der Waals surface area contributed by atoms with Crippen molar-refractivity contribution in [2.45, 2.75) is 37.9 Å². The molecule has 1 aliphatic heterocycles. The van der Waals surface area contributed by atoms with Crippen LogP contribution in [-0.2, 0) is 13.1 Å². The molecule has 2 aliphatic rings. The van der Waals surface area contributed by atoms with Crippen LogP contribution in [0, 0.1) is 11.6 Å². The van der Waals surface area contributed by atoms with Crippen LogP contribution in [0.1, 0.15) is 35.3 Å². The summed E-state index contributed by atoms with van der Waals surface area (Å²) in [6, 6.07) is 3.24. The highest BCUT2D eigenvalue weighted by molar-refractivity contribution is 5.96. The van der Waals surface area contributed by atoms with E-state index in [0.29, 0.717) is 6.54 Å². The maximum Gasteiger partial charge on any atom is 0.274 e. The first-order valence-corrected chi connectivity index (χ1v) is 9.88. The molecule has 0 unspecified atom stereocenters. The van der Waals surface area contributed by atoms with Gasteiger partial charge < -0.3 is 14.6 Å². The molecule has 31 heavy (non-hydrogen) atoms. The summed E-state index contributed by atoms with van der Waals surface area (Å²) < 4.78 is 30.0. The molecule has 1 aliphatic carbocycles. The van der Waals surface area contributed by atoms with E-state index in [1.54, 1.807) is 16.5 Å². The molecule has 10 heteroatoms. The summed E-state index contributed by atoms with van der Waals surface area (Å²) in [6.07, 6.45) is 5.70. The third kappa shape index (κ3) is 2.93. The topological polar surface area (TPSA) is 93.2 Å². The Morgan fingerprint density at radius 1 is 1.19 bits per heavy atom.